The van der Waals surface area contributed by atoms with Crippen LogP contribution in [0.25, 0.3) is 6.08 Å². The Morgan fingerprint density at radius 2 is 2.12 bits per heavy atom. The molecule has 2 aromatic rings. The summed E-state index contributed by atoms with van der Waals surface area (Å²) in [5.41, 5.74) is 0.338. The SMILES string of the molecule is CC1(C)SC(=S)N(/N=C/C=C/c2ccc([N+](=O)[O-])o2)C1N(O)C(=O)Nc1ccc(Cl)c(Cl)c1. The third-order valence-electron chi connectivity index (χ3n) is 4.33. The molecule has 0 spiro atoms. The molecule has 0 radical (unpaired) electrons. The number of hydrogen-bond acceptors (Lipinski definition) is 8. The van der Waals surface area contributed by atoms with Gasteiger partial charge in [0.25, 0.3) is 0 Å². The molecule has 1 atom stereocenters. The van der Waals surface area contributed by atoms with Crippen molar-refractivity contribution in [3.8, 4) is 0 Å². The molecule has 10 nitrogen and oxygen atoms in total. The first-order chi connectivity index (χ1) is 15.5. The Balaban J connectivity index is 1.74. The Bertz CT molecular complexity index is 1150. The van der Waals surface area contributed by atoms with Gasteiger partial charge in [-0.3, -0.25) is 15.3 Å². The molecule has 1 aliphatic heterocycles. The number of nitrogens with zero attached hydrogens (tertiary/aromatic N) is 4. The monoisotopic (exact) mass is 529 g/mol. The maximum atomic E-state index is 12.7. The molecular formula is C19H17Cl2N5O5S2. The lowest BCUT2D eigenvalue weighted by Gasteiger charge is -2.34. The third-order valence-corrected chi connectivity index (χ3v) is 6.61. The predicted molar refractivity (Wildman–Crippen MR) is 132 cm³/mol. The third kappa shape index (κ3) is 5.84. The van der Waals surface area contributed by atoms with E-state index in [4.69, 9.17) is 39.8 Å². The van der Waals surface area contributed by atoms with Gasteiger partial charge in [0.2, 0.25) is 0 Å². The first-order valence-electron chi connectivity index (χ1n) is 9.21. The van der Waals surface area contributed by atoms with Gasteiger partial charge in [-0.15, -0.1) is 0 Å². The van der Waals surface area contributed by atoms with E-state index in [1.165, 1.54) is 59.4 Å². The standard InChI is InChI=1S/C19H17Cl2N5O5S2/c1-19(2)16(25(28)17(27)23-11-5-7-13(20)14(21)10-11)24(18(32)33-19)22-9-3-4-12-6-8-15(31-12)26(29)30/h3-10,16,28H,1-2H3,(H,23,27)/b4-3+,22-9+. The second-order valence-electron chi connectivity index (χ2n) is 7.15. The zero-order valence-electron chi connectivity index (χ0n) is 17.1. The second-order valence-corrected chi connectivity index (χ2v) is 10.3. The number of benzene rings is 1. The number of thiocarbonyl (C=S) groups is 1. The average molecular weight is 530 g/mol. The van der Waals surface area contributed by atoms with Crippen LogP contribution in [-0.2, 0) is 0 Å². The fourth-order valence-corrected chi connectivity index (χ4v) is 4.96. The number of thioether (sulfide) groups is 1. The zero-order valence-corrected chi connectivity index (χ0v) is 20.3. The molecule has 1 aliphatic rings. The maximum absolute atomic E-state index is 12.7. The second kappa shape index (κ2) is 10.1. The molecule has 2 heterocycles. The molecule has 14 heteroatoms. The molecule has 174 valence electrons. The molecule has 1 saturated heterocycles. The molecule has 1 unspecified atom stereocenters. The van der Waals surface area contributed by atoms with Gasteiger partial charge in [-0.05, 0) is 50.3 Å². The fourth-order valence-electron chi connectivity index (χ4n) is 2.87. The number of urea groups is 1. The lowest BCUT2D eigenvalue weighted by molar-refractivity contribution is -0.402. The molecule has 0 bridgehead atoms. The Morgan fingerprint density at radius 1 is 1.39 bits per heavy atom. The number of halogens is 2. The number of amides is 2. The molecule has 33 heavy (non-hydrogen) atoms. The van der Waals surface area contributed by atoms with Crippen LogP contribution in [-0.4, -0.2) is 47.7 Å². The van der Waals surface area contributed by atoms with Crippen LogP contribution in [0.15, 0.2) is 45.9 Å². The summed E-state index contributed by atoms with van der Waals surface area (Å²) < 4.78 is 4.66. The lowest BCUT2D eigenvalue weighted by atomic mass is 10.1. The van der Waals surface area contributed by atoms with E-state index >= 15 is 0 Å². The molecule has 0 saturated carbocycles. The van der Waals surface area contributed by atoms with Crippen molar-refractivity contribution in [3.05, 3.63) is 62.3 Å². The summed E-state index contributed by atoms with van der Waals surface area (Å²) in [7, 11) is 0. The highest BCUT2D eigenvalue weighted by Gasteiger charge is 2.50. The Labute approximate surface area is 207 Å². The highest BCUT2D eigenvalue weighted by atomic mass is 35.5. The number of furan rings is 1. The first kappa shape index (κ1) is 25.0. The van der Waals surface area contributed by atoms with Crippen LogP contribution < -0.4 is 5.32 Å². The molecule has 2 N–H and O–H groups in total. The Hall–Kier alpha value is -2.64. The van der Waals surface area contributed by atoms with Gasteiger partial charge in [0.05, 0.1) is 20.9 Å². The van der Waals surface area contributed by atoms with Crippen molar-refractivity contribution in [2.24, 2.45) is 5.10 Å². The summed E-state index contributed by atoms with van der Waals surface area (Å²) in [5.74, 6) is -0.123. The van der Waals surface area contributed by atoms with Gasteiger partial charge in [-0.2, -0.15) is 10.2 Å². The van der Waals surface area contributed by atoms with Crippen LogP contribution in [0.4, 0.5) is 16.4 Å². The first-order valence-corrected chi connectivity index (χ1v) is 11.2. The molecular weight excluding hydrogens is 513 g/mol. The quantitative estimate of drug-likeness (QED) is 0.157. The van der Waals surface area contributed by atoms with E-state index in [2.05, 4.69) is 10.4 Å². The average Bonchev–Trinajstić information content (AvgIpc) is 3.29. The maximum Gasteiger partial charge on any atom is 0.433 e. The van der Waals surface area contributed by atoms with Gasteiger partial charge >= 0.3 is 11.9 Å². The number of carbonyl (C=O) groups excluding carboxylic acids is 1. The zero-order chi connectivity index (χ0) is 24.3. The van der Waals surface area contributed by atoms with Crippen molar-refractivity contribution in [2.75, 3.05) is 5.32 Å². The molecule has 0 aliphatic carbocycles. The molecule has 1 aromatic carbocycles. The number of carbonyl (C=O) groups is 1. The minimum absolute atomic E-state index is 0.247. The normalized spacial score (nSPS) is 17.8. The lowest BCUT2D eigenvalue weighted by Crippen LogP contribution is -2.54. The summed E-state index contributed by atoms with van der Waals surface area (Å²) in [6.07, 6.45) is 3.37. The van der Waals surface area contributed by atoms with Gasteiger partial charge in [-0.1, -0.05) is 47.2 Å². The molecule has 2 amide bonds. The van der Waals surface area contributed by atoms with Gasteiger partial charge < -0.3 is 9.73 Å². The van der Waals surface area contributed by atoms with Crippen LogP contribution in [0.2, 0.25) is 10.0 Å². The number of nitrogens with one attached hydrogen (secondary N) is 1. The van der Waals surface area contributed by atoms with Crippen molar-refractivity contribution in [2.45, 2.75) is 24.8 Å². The van der Waals surface area contributed by atoms with E-state index in [0.29, 0.717) is 20.1 Å². The van der Waals surface area contributed by atoms with E-state index < -0.39 is 21.9 Å². The van der Waals surface area contributed by atoms with E-state index in [1.54, 1.807) is 19.9 Å². The summed E-state index contributed by atoms with van der Waals surface area (Å²) >= 11 is 18.5. The number of hydrogen-bond donors (Lipinski definition) is 2. The number of hydroxylamine groups is 2. The van der Waals surface area contributed by atoms with Crippen molar-refractivity contribution in [3.63, 3.8) is 0 Å². The molecule has 1 aromatic heterocycles. The largest absolute Gasteiger partial charge is 0.433 e. The molecule has 1 fully saturated rings. The van der Waals surface area contributed by atoms with E-state index in [-0.39, 0.29) is 16.7 Å². The summed E-state index contributed by atoms with van der Waals surface area (Å²) in [6, 6.07) is 6.36. The highest BCUT2D eigenvalue weighted by molar-refractivity contribution is 8.24. The van der Waals surface area contributed by atoms with E-state index in [0.717, 1.165) is 0 Å². The highest BCUT2D eigenvalue weighted by Crippen LogP contribution is 2.42. The summed E-state index contributed by atoms with van der Waals surface area (Å²) in [6.45, 7) is 3.61. The summed E-state index contributed by atoms with van der Waals surface area (Å²) in [4.78, 5) is 22.7. The topological polar surface area (TPSA) is 124 Å². The van der Waals surface area contributed by atoms with Crippen molar-refractivity contribution in [1.29, 1.82) is 0 Å². The van der Waals surface area contributed by atoms with Gasteiger partial charge in [0, 0.05) is 11.9 Å². The van der Waals surface area contributed by atoms with Gasteiger partial charge in [-0.25, -0.2) is 9.80 Å². The van der Waals surface area contributed by atoms with Gasteiger partial charge in [0.15, 0.2) is 10.5 Å². The Morgan fingerprint density at radius 3 is 2.76 bits per heavy atom. The van der Waals surface area contributed by atoms with Crippen LogP contribution >= 0.6 is 47.2 Å². The van der Waals surface area contributed by atoms with Gasteiger partial charge in [0.1, 0.15) is 10.7 Å². The van der Waals surface area contributed by atoms with Crippen LogP contribution in [0.3, 0.4) is 0 Å². The van der Waals surface area contributed by atoms with Crippen LogP contribution in [0.1, 0.15) is 19.6 Å². The van der Waals surface area contributed by atoms with Crippen LogP contribution in [0, 0.1) is 10.1 Å². The van der Waals surface area contributed by atoms with Crippen LogP contribution in [0.5, 0.6) is 0 Å². The minimum Gasteiger partial charge on any atom is -0.401 e. The summed E-state index contributed by atoms with van der Waals surface area (Å²) in [5, 5.41) is 30.6. The number of hydrazone groups is 1. The predicted octanol–water partition coefficient (Wildman–Crippen LogP) is 5.86. The number of anilines is 1. The van der Waals surface area contributed by atoms with E-state index in [9.17, 15) is 20.1 Å². The number of rotatable bonds is 6. The van der Waals surface area contributed by atoms with Crippen molar-refractivity contribution in [1.82, 2.24) is 10.1 Å². The fraction of sp³-hybridized carbons (Fsp3) is 0.211. The number of allylic oxidation sites excluding steroid dienone is 1. The van der Waals surface area contributed by atoms with Crippen molar-refractivity contribution >= 4 is 81.4 Å². The van der Waals surface area contributed by atoms with Crippen molar-refractivity contribution < 1.29 is 19.3 Å². The Kier molecular flexibility index (Phi) is 7.65. The number of nitro groups is 1. The molecule has 3 rings (SSSR count). The smallest absolute Gasteiger partial charge is 0.401 e. The van der Waals surface area contributed by atoms with E-state index in [1.807, 2.05) is 0 Å². The minimum atomic E-state index is -0.938.